The molecule has 1 aliphatic heterocycles. The lowest BCUT2D eigenvalue weighted by molar-refractivity contribution is 0.0758. The van der Waals surface area contributed by atoms with Gasteiger partial charge in [-0.2, -0.15) is 0 Å². The first kappa shape index (κ1) is 15.1. The molecule has 22 heavy (non-hydrogen) atoms. The van der Waals surface area contributed by atoms with Crippen LogP contribution < -0.4 is 0 Å². The van der Waals surface area contributed by atoms with Crippen LogP contribution in [0, 0.1) is 5.82 Å². The van der Waals surface area contributed by atoms with Gasteiger partial charge in [0.1, 0.15) is 16.5 Å². The fourth-order valence-corrected chi connectivity index (χ4v) is 3.31. The third kappa shape index (κ3) is 3.34. The van der Waals surface area contributed by atoms with Crippen LogP contribution in [-0.4, -0.2) is 53.9 Å². The summed E-state index contributed by atoms with van der Waals surface area (Å²) in [5, 5.41) is 2.53. The first-order valence-corrected chi connectivity index (χ1v) is 8.21. The first-order chi connectivity index (χ1) is 10.6. The van der Waals surface area contributed by atoms with Crippen molar-refractivity contribution in [3.05, 3.63) is 41.2 Å². The molecule has 0 aliphatic carbocycles. The van der Waals surface area contributed by atoms with Crippen molar-refractivity contribution < 1.29 is 9.18 Å². The number of rotatable bonds is 2. The van der Waals surface area contributed by atoms with E-state index in [9.17, 15) is 9.18 Å². The van der Waals surface area contributed by atoms with Gasteiger partial charge in [-0.1, -0.05) is 0 Å². The van der Waals surface area contributed by atoms with Crippen LogP contribution in [0.3, 0.4) is 0 Å². The number of halogens is 1. The Labute approximate surface area is 133 Å². The summed E-state index contributed by atoms with van der Waals surface area (Å²) in [6, 6.07) is 6.18. The minimum absolute atomic E-state index is 0.0140. The van der Waals surface area contributed by atoms with Crippen molar-refractivity contribution in [2.75, 3.05) is 33.2 Å². The average molecular weight is 319 g/mol. The number of aromatic nitrogens is 1. The lowest BCUT2D eigenvalue weighted by Crippen LogP contribution is -2.34. The Kier molecular flexibility index (Phi) is 4.49. The minimum Gasteiger partial charge on any atom is -0.336 e. The molecule has 1 fully saturated rings. The molecule has 1 amide bonds. The predicted octanol–water partition coefficient (Wildman–Crippen LogP) is 2.73. The zero-order valence-corrected chi connectivity index (χ0v) is 13.3. The van der Waals surface area contributed by atoms with Crippen molar-refractivity contribution >= 4 is 17.2 Å². The molecule has 1 aliphatic rings. The largest absolute Gasteiger partial charge is 0.336 e. The van der Waals surface area contributed by atoms with Crippen LogP contribution in [-0.2, 0) is 0 Å². The zero-order chi connectivity index (χ0) is 15.5. The van der Waals surface area contributed by atoms with E-state index in [1.807, 2.05) is 4.90 Å². The molecule has 2 aromatic rings. The van der Waals surface area contributed by atoms with Crippen molar-refractivity contribution in [2.24, 2.45) is 0 Å². The van der Waals surface area contributed by atoms with E-state index in [-0.39, 0.29) is 11.7 Å². The lowest BCUT2D eigenvalue weighted by atomic mass is 10.2. The van der Waals surface area contributed by atoms with E-state index >= 15 is 0 Å². The number of carbonyl (C=O) groups is 1. The fourth-order valence-electron chi connectivity index (χ4n) is 2.51. The van der Waals surface area contributed by atoms with Gasteiger partial charge < -0.3 is 9.80 Å². The van der Waals surface area contributed by atoms with Crippen molar-refractivity contribution in [3.8, 4) is 10.6 Å². The van der Waals surface area contributed by atoms with E-state index in [1.165, 1.54) is 23.5 Å². The van der Waals surface area contributed by atoms with Gasteiger partial charge in [0.2, 0.25) is 0 Å². The second-order valence-corrected chi connectivity index (χ2v) is 6.35. The van der Waals surface area contributed by atoms with Gasteiger partial charge in [0.15, 0.2) is 0 Å². The van der Waals surface area contributed by atoms with Gasteiger partial charge in [-0.05, 0) is 44.3 Å². The standard InChI is InChI=1S/C16H18FN3OS/c1-19-7-2-8-20(10-9-19)16(21)14-11-22-15(18-14)12-3-5-13(17)6-4-12/h3-6,11H,2,7-10H2,1H3. The van der Waals surface area contributed by atoms with E-state index < -0.39 is 0 Å². The van der Waals surface area contributed by atoms with Crippen LogP contribution in [0.4, 0.5) is 4.39 Å². The third-order valence-electron chi connectivity index (χ3n) is 3.82. The Morgan fingerprint density at radius 1 is 1.18 bits per heavy atom. The molecule has 1 aromatic carbocycles. The van der Waals surface area contributed by atoms with Gasteiger partial charge in [-0.25, -0.2) is 9.37 Å². The molecule has 0 N–H and O–H groups in total. The molecule has 1 aromatic heterocycles. The van der Waals surface area contributed by atoms with Crippen LogP contribution >= 0.6 is 11.3 Å². The summed E-state index contributed by atoms with van der Waals surface area (Å²) >= 11 is 1.42. The molecule has 1 saturated heterocycles. The Hall–Kier alpha value is -1.79. The highest BCUT2D eigenvalue weighted by molar-refractivity contribution is 7.13. The second-order valence-electron chi connectivity index (χ2n) is 5.49. The second kappa shape index (κ2) is 6.54. The number of nitrogens with zero attached hydrogens (tertiary/aromatic N) is 3. The number of likely N-dealkylation sites (N-methyl/N-ethyl adjacent to an activating group) is 1. The summed E-state index contributed by atoms with van der Waals surface area (Å²) < 4.78 is 13.0. The van der Waals surface area contributed by atoms with Crippen LogP contribution in [0.15, 0.2) is 29.6 Å². The smallest absolute Gasteiger partial charge is 0.273 e. The quantitative estimate of drug-likeness (QED) is 0.854. The summed E-state index contributed by atoms with van der Waals surface area (Å²) in [4.78, 5) is 21.1. The number of carbonyl (C=O) groups excluding carboxylic acids is 1. The monoisotopic (exact) mass is 319 g/mol. The molecule has 4 nitrogen and oxygen atoms in total. The molecule has 6 heteroatoms. The molecule has 116 valence electrons. The average Bonchev–Trinajstić information content (AvgIpc) is 2.90. The number of thiazole rings is 1. The maximum absolute atomic E-state index is 13.0. The van der Waals surface area contributed by atoms with Crippen LogP contribution in [0.2, 0.25) is 0 Å². The molecule has 0 unspecified atom stereocenters. The highest BCUT2D eigenvalue weighted by Crippen LogP contribution is 2.24. The molecule has 0 spiro atoms. The van der Waals surface area contributed by atoms with Gasteiger partial charge >= 0.3 is 0 Å². The van der Waals surface area contributed by atoms with Crippen LogP contribution in [0.1, 0.15) is 16.9 Å². The summed E-state index contributed by atoms with van der Waals surface area (Å²) in [7, 11) is 2.07. The molecule has 0 saturated carbocycles. The SMILES string of the molecule is CN1CCCN(C(=O)c2csc(-c3ccc(F)cc3)n2)CC1. The van der Waals surface area contributed by atoms with Gasteiger partial charge in [-0.3, -0.25) is 4.79 Å². The summed E-state index contributed by atoms with van der Waals surface area (Å²) in [6.07, 6.45) is 0.983. The summed E-state index contributed by atoms with van der Waals surface area (Å²) in [5.41, 5.74) is 1.31. The third-order valence-corrected chi connectivity index (χ3v) is 4.71. The Morgan fingerprint density at radius 2 is 1.95 bits per heavy atom. The van der Waals surface area contributed by atoms with Gasteiger partial charge in [-0.15, -0.1) is 11.3 Å². The van der Waals surface area contributed by atoms with E-state index in [2.05, 4.69) is 16.9 Å². The van der Waals surface area contributed by atoms with Crippen LogP contribution in [0.5, 0.6) is 0 Å². The molecule has 3 rings (SSSR count). The highest BCUT2D eigenvalue weighted by atomic mass is 32.1. The molecule has 0 atom stereocenters. The number of benzene rings is 1. The fraction of sp³-hybridized carbons (Fsp3) is 0.375. The Bertz CT molecular complexity index is 656. The predicted molar refractivity (Wildman–Crippen MR) is 85.5 cm³/mol. The molecular formula is C16H18FN3OS. The molecule has 0 bridgehead atoms. The summed E-state index contributed by atoms with van der Waals surface area (Å²) in [6.45, 7) is 3.41. The maximum atomic E-state index is 13.0. The van der Waals surface area contributed by atoms with Crippen molar-refractivity contribution in [2.45, 2.75) is 6.42 Å². The van der Waals surface area contributed by atoms with E-state index in [0.717, 1.165) is 43.2 Å². The first-order valence-electron chi connectivity index (χ1n) is 7.33. The molecule has 2 heterocycles. The topological polar surface area (TPSA) is 36.4 Å². The van der Waals surface area contributed by atoms with Crippen molar-refractivity contribution in [3.63, 3.8) is 0 Å². The number of amides is 1. The normalized spacial score (nSPS) is 16.5. The Morgan fingerprint density at radius 3 is 2.73 bits per heavy atom. The van der Waals surface area contributed by atoms with E-state index in [1.54, 1.807) is 17.5 Å². The highest BCUT2D eigenvalue weighted by Gasteiger charge is 2.21. The zero-order valence-electron chi connectivity index (χ0n) is 12.5. The van der Waals surface area contributed by atoms with Gasteiger partial charge in [0, 0.05) is 30.6 Å². The van der Waals surface area contributed by atoms with Crippen LogP contribution in [0.25, 0.3) is 10.6 Å². The molecular weight excluding hydrogens is 301 g/mol. The van der Waals surface area contributed by atoms with Crippen molar-refractivity contribution in [1.29, 1.82) is 0 Å². The van der Waals surface area contributed by atoms with Crippen molar-refractivity contribution in [1.82, 2.24) is 14.8 Å². The van der Waals surface area contributed by atoms with Gasteiger partial charge in [0.25, 0.3) is 5.91 Å². The van der Waals surface area contributed by atoms with E-state index in [4.69, 9.17) is 0 Å². The lowest BCUT2D eigenvalue weighted by Gasteiger charge is -2.19. The molecule has 0 radical (unpaired) electrons. The van der Waals surface area contributed by atoms with Gasteiger partial charge in [0.05, 0.1) is 0 Å². The number of hydrogen-bond acceptors (Lipinski definition) is 4. The summed E-state index contributed by atoms with van der Waals surface area (Å²) in [5.74, 6) is -0.287. The Balaban J connectivity index is 1.75. The maximum Gasteiger partial charge on any atom is 0.273 e. The number of hydrogen-bond donors (Lipinski definition) is 0. The minimum atomic E-state index is -0.273. The van der Waals surface area contributed by atoms with E-state index in [0.29, 0.717) is 5.69 Å².